The number of hydrogen-bond acceptors (Lipinski definition) is 4. The van der Waals surface area contributed by atoms with Gasteiger partial charge in [0, 0.05) is 13.0 Å². The molecule has 102 valence electrons. The summed E-state index contributed by atoms with van der Waals surface area (Å²) < 4.78 is 10.3. The molecule has 1 fully saturated rings. The number of carboxylic acid groups (broad SMARTS) is 1. The Labute approximate surface area is 110 Å². The van der Waals surface area contributed by atoms with Crippen LogP contribution in [0.25, 0.3) is 0 Å². The first kappa shape index (κ1) is 13.2. The van der Waals surface area contributed by atoms with Crippen LogP contribution in [0.4, 0.5) is 4.79 Å². The molecule has 1 aliphatic heterocycles. The van der Waals surface area contributed by atoms with Crippen molar-refractivity contribution in [3.63, 3.8) is 0 Å². The van der Waals surface area contributed by atoms with Crippen molar-refractivity contribution < 1.29 is 24.2 Å². The summed E-state index contributed by atoms with van der Waals surface area (Å²) in [5.74, 6) is -0.369. The van der Waals surface area contributed by atoms with E-state index in [1.54, 1.807) is 17.0 Å². The second-order valence-electron chi connectivity index (χ2n) is 4.27. The highest BCUT2D eigenvalue weighted by molar-refractivity contribution is 5.87. The number of ether oxygens (including phenoxy) is 2. The Morgan fingerprint density at radius 1 is 1.32 bits per heavy atom. The number of benzene rings is 1. The predicted octanol–water partition coefficient (Wildman–Crippen LogP) is 1.60. The largest absolute Gasteiger partial charge is 0.489 e. The van der Waals surface area contributed by atoms with Crippen LogP contribution in [0.5, 0.6) is 5.75 Å². The van der Waals surface area contributed by atoms with Gasteiger partial charge in [0.15, 0.2) is 0 Å². The van der Waals surface area contributed by atoms with Crippen LogP contribution in [0.15, 0.2) is 24.3 Å². The van der Waals surface area contributed by atoms with E-state index in [4.69, 9.17) is 9.84 Å². The maximum atomic E-state index is 11.3. The van der Waals surface area contributed by atoms with Crippen molar-refractivity contribution in [2.45, 2.75) is 12.5 Å². The summed E-state index contributed by atoms with van der Waals surface area (Å²) in [5, 5.41) is 8.78. The topological polar surface area (TPSA) is 76.1 Å². The van der Waals surface area contributed by atoms with Crippen LogP contribution in [-0.2, 0) is 4.74 Å². The molecule has 1 atom stereocenters. The summed E-state index contributed by atoms with van der Waals surface area (Å²) >= 11 is 0. The molecule has 0 bridgehead atoms. The van der Waals surface area contributed by atoms with E-state index in [1.165, 1.54) is 19.2 Å². The number of carboxylic acids is 1. The van der Waals surface area contributed by atoms with Gasteiger partial charge in [-0.2, -0.15) is 0 Å². The molecule has 1 amide bonds. The van der Waals surface area contributed by atoms with Crippen molar-refractivity contribution in [1.82, 2.24) is 4.90 Å². The molecule has 1 N–H and O–H groups in total. The quantitative estimate of drug-likeness (QED) is 0.898. The minimum atomic E-state index is -0.968. The number of likely N-dealkylation sites (tertiary alicyclic amines) is 1. The lowest BCUT2D eigenvalue weighted by Gasteiger charge is -2.15. The molecule has 6 heteroatoms. The van der Waals surface area contributed by atoms with E-state index in [-0.39, 0.29) is 17.8 Å². The van der Waals surface area contributed by atoms with Crippen LogP contribution in [0.3, 0.4) is 0 Å². The van der Waals surface area contributed by atoms with Crippen molar-refractivity contribution in [2.24, 2.45) is 0 Å². The molecule has 6 nitrogen and oxygen atoms in total. The Bertz CT molecular complexity index is 470. The fourth-order valence-corrected chi connectivity index (χ4v) is 1.99. The average Bonchev–Trinajstić information content (AvgIpc) is 2.87. The van der Waals surface area contributed by atoms with Gasteiger partial charge in [0.05, 0.1) is 19.2 Å². The monoisotopic (exact) mass is 265 g/mol. The van der Waals surface area contributed by atoms with E-state index in [0.29, 0.717) is 18.8 Å². The van der Waals surface area contributed by atoms with Crippen LogP contribution < -0.4 is 4.74 Å². The van der Waals surface area contributed by atoms with Crippen molar-refractivity contribution in [2.75, 3.05) is 20.2 Å². The normalized spacial score (nSPS) is 18.2. The number of carbonyl (C=O) groups is 2. The zero-order valence-corrected chi connectivity index (χ0v) is 10.5. The average molecular weight is 265 g/mol. The lowest BCUT2D eigenvalue weighted by atomic mass is 10.2. The number of amides is 1. The number of rotatable bonds is 3. The van der Waals surface area contributed by atoms with Gasteiger partial charge in [-0.25, -0.2) is 9.59 Å². The second kappa shape index (κ2) is 5.60. The number of methoxy groups -OCH3 is 1. The standard InChI is InChI=1S/C13H15NO5/c1-18-13(17)14-7-6-11(8-14)19-10-4-2-9(3-5-10)12(15)16/h2-5,11H,6-8H2,1H3,(H,15,16). The Kier molecular flexibility index (Phi) is 3.89. The second-order valence-corrected chi connectivity index (χ2v) is 4.27. The molecule has 1 saturated heterocycles. The van der Waals surface area contributed by atoms with Crippen LogP contribution in [0.2, 0.25) is 0 Å². The maximum Gasteiger partial charge on any atom is 0.409 e. The fraction of sp³-hybridized carbons (Fsp3) is 0.385. The summed E-state index contributed by atoms with van der Waals surface area (Å²) in [6.45, 7) is 1.08. The highest BCUT2D eigenvalue weighted by Gasteiger charge is 2.28. The van der Waals surface area contributed by atoms with Gasteiger partial charge in [-0.3, -0.25) is 0 Å². The van der Waals surface area contributed by atoms with E-state index in [9.17, 15) is 9.59 Å². The zero-order chi connectivity index (χ0) is 13.8. The van der Waals surface area contributed by atoms with Crippen molar-refractivity contribution >= 4 is 12.1 Å². The van der Waals surface area contributed by atoms with Crippen molar-refractivity contribution in [3.8, 4) is 5.75 Å². The van der Waals surface area contributed by atoms with E-state index in [2.05, 4.69) is 4.74 Å². The minimum absolute atomic E-state index is 0.0882. The van der Waals surface area contributed by atoms with E-state index < -0.39 is 5.97 Å². The third kappa shape index (κ3) is 3.15. The van der Waals surface area contributed by atoms with Gasteiger partial charge < -0.3 is 19.5 Å². The maximum absolute atomic E-state index is 11.3. The molecule has 1 heterocycles. The number of hydrogen-bond donors (Lipinski definition) is 1. The Morgan fingerprint density at radius 2 is 2.00 bits per heavy atom. The molecule has 2 rings (SSSR count). The van der Waals surface area contributed by atoms with Crippen LogP contribution in [0.1, 0.15) is 16.8 Å². The first-order valence-electron chi connectivity index (χ1n) is 5.93. The van der Waals surface area contributed by atoms with Gasteiger partial charge in [0.1, 0.15) is 11.9 Å². The van der Waals surface area contributed by atoms with E-state index >= 15 is 0 Å². The molecule has 0 saturated carbocycles. The lowest BCUT2D eigenvalue weighted by molar-refractivity contribution is 0.0696. The molecule has 0 aliphatic carbocycles. The fourth-order valence-electron chi connectivity index (χ4n) is 1.99. The summed E-state index contributed by atoms with van der Waals surface area (Å²) in [6.07, 6.45) is 0.289. The summed E-state index contributed by atoms with van der Waals surface area (Å²) in [6, 6.07) is 6.21. The smallest absolute Gasteiger partial charge is 0.409 e. The number of aromatic carboxylic acids is 1. The highest BCUT2D eigenvalue weighted by atomic mass is 16.5. The summed E-state index contributed by atoms with van der Waals surface area (Å²) in [5.41, 5.74) is 0.218. The Morgan fingerprint density at radius 3 is 2.58 bits per heavy atom. The van der Waals surface area contributed by atoms with Gasteiger partial charge in [-0.15, -0.1) is 0 Å². The van der Waals surface area contributed by atoms with Crippen molar-refractivity contribution in [3.05, 3.63) is 29.8 Å². The number of nitrogens with zero attached hydrogens (tertiary/aromatic N) is 1. The third-order valence-corrected chi connectivity index (χ3v) is 2.98. The number of carbonyl (C=O) groups excluding carboxylic acids is 1. The predicted molar refractivity (Wildman–Crippen MR) is 66.4 cm³/mol. The molecule has 0 aromatic heterocycles. The van der Waals surface area contributed by atoms with Crippen LogP contribution in [-0.4, -0.2) is 48.4 Å². The molecule has 0 radical (unpaired) electrons. The Balaban J connectivity index is 1.92. The van der Waals surface area contributed by atoms with Gasteiger partial charge in [-0.05, 0) is 24.3 Å². The third-order valence-electron chi connectivity index (χ3n) is 2.98. The van der Waals surface area contributed by atoms with Crippen molar-refractivity contribution in [1.29, 1.82) is 0 Å². The lowest BCUT2D eigenvalue weighted by Crippen LogP contribution is -2.30. The zero-order valence-electron chi connectivity index (χ0n) is 10.5. The molecule has 1 unspecified atom stereocenters. The van der Waals surface area contributed by atoms with E-state index in [0.717, 1.165) is 6.42 Å². The molecule has 0 spiro atoms. The van der Waals surface area contributed by atoms with Crippen LogP contribution >= 0.6 is 0 Å². The summed E-state index contributed by atoms with van der Waals surface area (Å²) in [4.78, 5) is 23.6. The first-order chi connectivity index (χ1) is 9.10. The van der Waals surface area contributed by atoms with Gasteiger partial charge in [0.2, 0.25) is 0 Å². The minimum Gasteiger partial charge on any atom is -0.489 e. The molecular formula is C13H15NO5. The molecule has 1 aliphatic rings. The van der Waals surface area contributed by atoms with E-state index in [1.807, 2.05) is 0 Å². The first-order valence-corrected chi connectivity index (χ1v) is 5.93. The Hall–Kier alpha value is -2.24. The van der Waals surface area contributed by atoms with Gasteiger partial charge in [0.25, 0.3) is 0 Å². The van der Waals surface area contributed by atoms with Crippen LogP contribution in [0, 0.1) is 0 Å². The molecular weight excluding hydrogens is 250 g/mol. The molecule has 1 aromatic rings. The van der Waals surface area contributed by atoms with Gasteiger partial charge in [-0.1, -0.05) is 0 Å². The SMILES string of the molecule is COC(=O)N1CCC(Oc2ccc(C(=O)O)cc2)C1. The summed E-state index contributed by atoms with van der Waals surface area (Å²) in [7, 11) is 1.35. The van der Waals surface area contributed by atoms with Gasteiger partial charge >= 0.3 is 12.1 Å². The molecule has 1 aromatic carbocycles. The molecule has 19 heavy (non-hydrogen) atoms. The highest BCUT2D eigenvalue weighted by Crippen LogP contribution is 2.19.